The molecule has 0 N–H and O–H groups in total. The zero-order valence-corrected chi connectivity index (χ0v) is 13.2. The molecule has 2 rings (SSSR count). The molecule has 0 aliphatic carbocycles. The Morgan fingerprint density at radius 1 is 1.28 bits per heavy atom. The molecule has 0 saturated heterocycles. The lowest BCUT2D eigenvalue weighted by molar-refractivity contribution is 0.156. The van der Waals surface area contributed by atoms with Crippen molar-refractivity contribution in [3.05, 3.63) is 35.6 Å². The van der Waals surface area contributed by atoms with Gasteiger partial charge >= 0.3 is 0 Å². The van der Waals surface area contributed by atoms with Crippen molar-refractivity contribution in [1.29, 1.82) is 0 Å². The molecule has 0 amide bonds. The summed E-state index contributed by atoms with van der Waals surface area (Å²) < 4.78 is 10.2. The van der Waals surface area contributed by atoms with Crippen LogP contribution in [0.5, 0.6) is 0 Å². The standard InChI is InChI=1S/C6H11OP.C6H8O.C3H8/c1-8-6-3-2-4-7-5-6;1-6-4-2-3-5-7-6;1-3-2/h3,8H,2,4-5H2,1H3;3-5H,2H2,1H3;3H2,1-2H3. The molecule has 0 saturated carbocycles. The van der Waals surface area contributed by atoms with Gasteiger partial charge in [0.2, 0.25) is 0 Å². The summed E-state index contributed by atoms with van der Waals surface area (Å²) in [4.78, 5) is 0. The Labute approximate surface area is 114 Å². The lowest BCUT2D eigenvalue weighted by Crippen LogP contribution is -2.01. The van der Waals surface area contributed by atoms with Gasteiger partial charge in [-0.1, -0.05) is 34.9 Å². The van der Waals surface area contributed by atoms with E-state index in [4.69, 9.17) is 9.47 Å². The van der Waals surface area contributed by atoms with Gasteiger partial charge < -0.3 is 9.47 Å². The lowest BCUT2D eigenvalue weighted by atomic mass is 10.3. The van der Waals surface area contributed by atoms with Crippen LogP contribution in [0.4, 0.5) is 0 Å². The first-order chi connectivity index (χ1) is 8.74. The molecule has 0 aromatic carbocycles. The van der Waals surface area contributed by atoms with Crippen molar-refractivity contribution >= 4 is 8.58 Å². The first-order valence-corrected chi connectivity index (χ1v) is 8.17. The van der Waals surface area contributed by atoms with E-state index in [2.05, 4.69) is 26.6 Å². The Hall–Kier alpha value is -0.590. The van der Waals surface area contributed by atoms with Crippen LogP contribution in [-0.2, 0) is 9.47 Å². The number of ether oxygens (including phenoxy) is 2. The van der Waals surface area contributed by atoms with Gasteiger partial charge in [-0.15, -0.1) is 0 Å². The first-order valence-electron chi connectivity index (χ1n) is 6.67. The van der Waals surface area contributed by atoms with Gasteiger partial charge in [0.25, 0.3) is 0 Å². The molecule has 2 nitrogen and oxygen atoms in total. The van der Waals surface area contributed by atoms with Gasteiger partial charge in [-0.05, 0) is 43.9 Å². The van der Waals surface area contributed by atoms with Gasteiger partial charge in [0.15, 0.2) is 0 Å². The molecule has 18 heavy (non-hydrogen) atoms. The van der Waals surface area contributed by atoms with E-state index in [0.29, 0.717) is 0 Å². The minimum atomic E-state index is 0.884. The molecule has 0 bridgehead atoms. The molecule has 0 radical (unpaired) electrons. The summed E-state index contributed by atoms with van der Waals surface area (Å²) in [5.41, 5.74) is 0. The molecule has 0 aromatic heterocycles. The Bertz CT molecular complexity index is 280. The monoisotopic (exact) mass is 270 g/mol. The van der Waals surface area contributed by atoms with Crippen molar-refractivity contribution < 1.29 is 9.47 Å². The first kappa shape index (κ1) is 17.4. The molecular weight excluding hydrogens is 243 g/mol. The van der Waals surface area contributed by atoms with Crippen molar-refractivity contribution in [1.82, 2.24) is 0 Å². The average Bonchev–Trinajstić information content (AvgIpc) is 2.42. The second-order valence-electron chi connectivity index (χ2n) is 4.07. The SMILES string of the molecule is CC1=CCC=CO1.CCC.CPC1=CCCOC1. The molecule has 0 aromatic rings. The summed E-state index contributed by atoms with van der Waals surface area (Å²) in [6.07, 6.45) is 11.4. The highest BCUT2D eigenvalue weighted by Crippen LogP contribution is 2.21. The fraction of sp³-hybridized carbons (Fsp3) is 0.600. The van der Waals surface area contributed by atoms with E-state index >= 15 is 0 Å². The maximum absolute atomic E-state index is 5.21. The van der Waals surface area contributed by atoms with Crippen LogP contribution in [0.25, 0.3) is 0 Å². The Morgan fingerprint density at radius 2 is 2.00 bits per heavy atom. The van der Waals surface area contributed by atoms with Gasteiger partial charge in [0.1, 0.15) is 0 Å². The second kappa shape index (κ2) is 12.9. The van der Waals surface area contributed by atoms with Gasteiger partial charge in [0, 0.05) is 0 Å². The third-order valence-corrected chi connectivity index (χ3v) is 3.11. The minimum Gasteiger partial charge on any atom is -0.470 e. The highest BCUT2D eigenvalue weighted by molar-refractivity contribution is 7.42. The fourth-order valence-electron chi connectivity index (χ4n) is 1.22. The van der Waals surface area contributed by atoms with Crippen LogP contribution in [0.2, 0.25) is 0 Å². The van der Waals surface area contributed by atoms with Crippen LogP contribution in [-0.4, -0.2) is 19.9 Å². The van der Waals surface area contributed by atoms with E-state index in [1.807, 2.05) is 19.1 Å². The van der Waals surface area contributed by atoms with Crippen molar-refractivity contribution in [2.75, 3.05) is 19.9 Å². The van der Waals surface area contributed by atoms with E-state index in [0.717, 1.165) is 40.4 Å². The molecule has 2 aliphatic heterocycles. The van der Waals surface area contributed by atoms with Crippen molar-refractivity contribution in [3.8, 4) is 0 Å². The topological polar surface area (TPSA) is 18.5 Å². The zero-order valence-electron chi connectivity index (χ0n) is 12.2. The predicted molar refractivity (Wildman–Crippen MR) is 82.3 cm³/mol. The van der Waals surface area contributed by atoms with E-state index in [1.54, 1.807) is 6.26 Å². The smallest absolute Gasteiger partial charge is 0.0964 e. The fourth-order valence-corrected chi connectivity index (χ4v) is 1.82. The van der Waals surface area contributed by atoms with E-state index in [1.165, 1.54) is 11.7 Å². The zero-order chi connectivity index (χ0) is 13.6. The summed E-state index contributed by atoms with van der Waals surface area (Å²) in [7, 11) is 0.943. The second-order valence-corrected chi connectivity index (χ2v) is 5.21. The number of hydrogen-bond acceptors (Lipinski definition) is 2. The summed E-state index contributed by atoms with van der Waals surface area (Å²) in [5.74, 6) is 1.00. The number of rotatable bonds is 1. The van der Waals surface area contributed by atoms with Crippen LogP contribution in [0, 0.1) is 0 Å². The number of hydrogen-bond donors (Lipinski definition) is 0. The minimum absolute atomic E-state index is 0.884. The number of allylic oxidation sites excluding steroid dienone is 3. The Morgan fingerprint density at radius 3 is 2.28 bits per heavy atom. The maximum atomic E-state index is 5.21. The van der Waals surface area contributed by atoms with Crippen LogP contribution in [0.3, 0.4) is 0 Å². The summed E-state index contributed by atoms with van der Waals surface area (Å²) >= 11 is 0. The van der Waals surface area contributed by atoms with Crippen LogP contribution < -0.4 is 0 Å². The van der Waals surface area contributed by atoms with E-state index in [-0.39, 0.29) is 0 Å². The Balaban J connectivity index is 0.000000267. The van der Waals surface area contributed by atoms with Crippen LogP contribution >= 0.6 is 8.58 Å². The average molecular weight is 270 g/mol. The van der Waals surface area contributed by atoms with Gasteiger partial charge in [0.05, 0.1) is 25.2 Å². The summed E-state index contributed by atoms with van der Waals surface area (Å²) in [5, 5.41) is 1.48. The molecule has 1 unspecified atom stereocenters. The van der Waals surface area contributed by atoms with Crippen molar-refractivity contribution in [2.45, 2.75) is 40.0 Å². The summed E-state index contributed by atoms with van der Waals surface area (Å²) in [6.45, 7) is 10.2. The molecule has 1 atom stereocenters. The van der Waals surface area contributed by atoms with E-state index in [9.17, 15) is 0 Å². The van der Waals surface area contributed by atoms with E-state index < -0.39 is 0 Å². The van der Waals surface area contributed by atoms with Crippen molar-refractivity contribution in [3.63, 3.8) is 0 Å². The highest BCUT2D eigenvalue weighted by Gasteiger charge is 1.98. The van der Waals surface area contributed by atoms with Crippen LogP contribution in [0.1, 0.15) is 40.0 Å². The van der Waals surface area contributed by atoms with Gasteiger partial charge in [-0.3, -0.25) is 0 Å². The van der Waals surface area contributed by atoms with Gasteiger partial charge in [-0.25, -0.2) is 0 Å². The van der Waals surface area contributed by atoms with Gasteiger partial charge in [-0.2, -0.15) is 0 Å². The summed E-state index contributed by atoms with van der Waals surface area (Å²) in [6, 6.07) is 0. The molecular formula is C15H27O2P. The third-order valence-electron chi connectivity index (χ3n) is 2.12. The third kappa shape index (κ3) is 10.6. The molecule has 104 valence electrons. The van der Waals surface area contributed by atoms with Crippen molar-refractivity contribution in [2.24, 2.45) is 0 Å². The molecule has 0 spiro atoms. The molecule has 0 fully saturated rings. The maximum Gasteiger partial charge on any atom is 0.0964 e. The molecule has 3 heteroatoms. The Kier molecular flexibility index (Phi) is 12.4. The quantitative estimate of drug-likeness (QED) is 0.635. The van der Waals surface area contributed by atoms with Crippen LogP contribution in [0.15, 0.2) is 35.6 Å². The lowest BCUT2D eigenvalue weighted by Gasteiger charge is -2.10. The highest BCUT2D eigenvalue weighted by atomic mass is 31.1. The molecule has 2 aliphatic rings. The predicted octanol–water partition coefficient (Wildman–Crippen LogP) is 4.84. The largest absolute Gasteiger partial charge is 0.470 e. The molecule has 2 heterocycles. The normalized spacial score (nSPS) is 17.8.